The molecule has 1 aromatic heterocycles. The monoisotopic (exact) mass is 266 g/mol. The summed E-state index contributed by atoms with van der Waals surface area (Å²) < 4.78 is 38.6. The van der Waals surface area contributed by atoms with Gasteiger partial charge in [-0.2, -0.15) is 13.2 Å². The maximum absolute atomic E-state index is 12.9. The summed E-state index contributed by atoms with van der Waals surface area (Å²) in [5.41, 5.74) is 6.05. The largest absolute Gasteiger partial charge is 0.418 e. The summed E-state index contributed by atoms with van der Waals surface area (Å²) in [5, 5.41) is 0.714. The number of hydrogen-bond acceptors (Lipinski definition) is 2. The number of nitrogens with zero attached hydrogens (tertiary/aromatic N) is 1. The molecule has 2 N–H and O–H groups in total. The average molecular weight is 266 g/mol. The highest BCUT2D eigenvalue weighted by molar-refractivity contribution is 5.86. The second-order valence-electron chi connectivity index (χ2n) is 5.11. The molecule has 2 nitrogen and oxygen atoms in total. The van der Waals surface area contributed by atoms with Gasteiger partial charge >= 0.3 is 6.18 Å². The fourth-order valence-corrected chi connectivity index (χ4v) is 2.49. The van der Waals surface area contributed by atoms with Crippen molar-refractivity contribution in [1.82, 2.24) is 4.98 Å². The zero-order valence-corrected chi connectivity index (χ0v) is 10.2. The lowest BCUT2D eigenvalue weighted by Gasteiger charge is -2.15. The van der Waals surface area contributed by atoms with Gasteiger partial charge in [0.05, 0.1) is 5.56 Å². The van der Waals surface area contributed by atoms with Crippen LogP contribution < -0.4 is 5.73 Å². The SMILES string of the molecule is NCC1(c2ccc3c(C(F)(F)F)cncc3c2)CC1. The molecule has 1 aromatic carbocycles. The molecular formula is C14H13F3N2. The van der Waals surface area contributed by atoms with E-state index >= 15 is 0 Å². The van der Waals surface area contributed by atoms with E-state index in [2.05, 4.69) is 4.98 Å². The zero-order valence-electron chi connectivity index (χ0n) is 10.2. The number of pyridine rings is 1. The third-order valence-electron chi connectivity index (χ3n) is 3.92. The molecule has 5 heteroatoms. The summed E-state index contributed by atoms with van der Waals surface area (Å²) in [7, 11) is 0. The van der Waals surface area contributed by atoms with E-state index in [0.717, 1.165) is 24.6 Å². The summed E-state index contributed by atoms with van der Waals surface area (Å²) in [6, 6.07) is 5.08. The van der Waals surface area contributed by atoms with Gasteiger partial charge in [-0.15, -0.1) is 0 Å². The van der Waals surface area contributed by atoms with Gasteiger partial charge in [0.2, 0.25) is 0 Å². The molecule has 1 aliphatic carbocycles. The lowest BCUT2D eigenvalue weighted by atomic mass is 9.93. The number of aromatic nitrogens is 1. The molecule has 0 saturated heterocycles. The van der Waals surface area contributed by atoms with Crippen molar-refractivity contribution in [1.29, 1.82) is 0 Å². The number of benzene rings is 1. The van der Waals surface area contributed by atoms with E-state index in [1.54, 1.807) is 12.1 Å². The van der Waals surface area contributed by atoms with E-state index < -0.39 is 11.7 Å². The molecule has 0 spiro atoms. The van der Waals surface area contributed by atoms with Gasteiger partial charge in [0.15, 0.2) is 0 Å². The third kappa shape index (κ3) is 1.98. The molecule has 1 aliphatic rings. The molecule has 0 bridgehead atoms. The minimum atomic E-state index is -4.38. The van der Waals surface area contributed by atoms with Crippen LogP contribution in [0.4, 0.5) is 13.2 Å². The molecule has 0 atom stereocenters. The molecule has 0 amide bonds. The van der Waals surface area contributed by atoms with Gasteiger partial charge < -0.3 is 5.73 Å². The first-order chi connectivity index (χ1) is 8.96. The van der Waals surface area contributed by atoms with Crippen LogP contribution in [-0.4, -0.2) is 11.5 Å². The number of alkyl halides is 3. The lowest BCUT2D eigenvalue weighted by molar-refractivity contribution is -0.136. The van der Waals surface area contributed by atoms with E-state index in [-0.39, 0.29) is 10.8 Å². The van der Waals surface area contributed by atoms with Crippen molar-refractivity contribution in [3.05, 3.63) is 41.7 Å². The van der Waals surface area contributed by atoms with E-state index in [1.165, 1.54) is 12.3 Å². The number of halogens is 3. The van der Waals surface area contributed by atoms with Crippen LogP contribution in [0.2, 0.25) is 0 Å². The van der Waals surface area contributed by atoms with Crippen LogP contribution in [0.25, 0.3) is 10.8 Å². The number of fused-ring (bicyclic) bond motifs is 1. The predicted molar refractivity (Wildman–Crippen MR) is 66.7 cm³/mol. The van der Waals surface area contributed by atoms with Gasteiger partial charge in [-0.05, 0) is 29.9 Å². The van der Waals surface area contributed by atoms with Crippen molar-refractivity contribution in [2.75, 3.05) is 6.54 Å². The predicted octanol–water partition coefficient (Wildman–Crippen LogP) is 3.24. The molecule has 19 heavy (non-hydrogen) atoms. The van der Waals surface area contributed by atoms with Gasteiger partial charge in [0, 0.05) is 29.7 Å². The van der Waals surface area contributed by atoms with Crippen molar-refractivity contribution in [3.63, 3.8) is 0 Å². The Labute approximate surface area is 108 Å². The Morgan fingerprint density at radius 1 is 1.21 bits per heavy atom. The highest BCUT2D eigenvalue weighted by Crippen LogP contribution is 2.48. The smallest absolute Gasteiger partial charge is 0.330 e. The normalized spacial score (nSPS) is 17.7. The maximum Gasteiger partial charge on any atom is 0.418 e. The van der Waals surface area contributed by atoms with Crippen molar-refractivity contribution < 1.29 is 13.2 Å². The van der Waals surface area contributed by atoms with Crippen molar-refractivity contribution in [2.24, 2.45) is 5.73 Å². The highest BCUT2D eigenvalue weighted by atomic mass is 19.4. The molecule has 0 aliphatic heterocycles. The number of hydrogen-bond donors (Lipinski definition) is 1. The zero-order chi connectivity index (χ0) is 13.7. The van der Waals surface area contributed by atoms with Crippen molar-refractivity contribution >= 4 is 10.8 Å². The molecule has 2 aromatic rings. The second kappa shape index (κ2) is 3.93. The highest BCUT2D eigenvalue weighted by Gasteiger charge is 2.43. The number of rotatable bonds is 2. The Bertz CT molecular complexity index is 630. The van der Waals surface area contributed by atoms with Crippen LogP contribution in [0.5, 0.6) is 0 Å². The molecule has 3 rings (SSSR count). The molecule has 1 heterocycles. The topological polar surface area (TPSA) is 38.9 Å². The maximum atomic E-state index is 12.9. The first-order valence-corrected chi connectivity index (χ1v) is 6.12. The fraction of sp³-hybridized carbons (Fsp3) is 0.357. The van der Waals surface area contributed by atoms with Crippen LogP contribution in [-0.2, 0) is 11.6 Å². The Hall–Kier alpha value is -1.62. The van der Waals surface area contributed by atoms with Crippen LogP contribution in [0, 0.1) is 0 Å². The van der Waals surface area contributed by atoms with E-state index in [0.29, 0.717) is 11.9 Å². The van der Waals surface area contributed by atoms with Gasteiger partial charge in [-0.3, -0.25) is 4.98 Å². The molecule has 0 radical (unpaired) electrons. The lowest BCUT2D eigenvalue weighted by Crippen LogP contribution is -2.19. The number of nitrogens with two attached hydrogens (primary N) is 1. The molecule has 1 fully saturated rings. The molecule has 1 saturated carbocycles. The van der Waals surface area contributed by atoms with Gasteiger partial charge in [-0.1, -0.05) is 12.1 Å². The minimum Gasteiger partial charge on any atom is -0.330 e. The average Bonchev–Trinajstić information content (AvgIpc) is 3.17. The fourth-order valence-electron chi connectivity index (χ4n) is 2.49. The van der Waals surface area contributed by atoms with E-state index in [4.69, 9.17) is 5.73 Å². The van der Waals surface area contributed by atoms with Crippen LogP contribution in [0.3, 0.4) is 0 Å². The van der Waals surface area contributed by atoms with Crippen molar-refractivity contribution in [2.45, 2.75) is 24.4 Å². The summed E-state index contributed by atoms with van der Waals surface area (Å²) in [6.45, 7) is 0.533. The summed E-state index contributed by atoms with van der Waals surface area (Å²) in [6.07, 6.45) is -0.0273. The Morgan fingerprint density at radius 3 is 2.53 bits per heavy atom. The summed E-state index contributed by atoms with van der Waals surface area (Å²) >= 11 is 0. The van der Waals surface area contributed by atoms with Gasteiger partial charge in [-0.25, -0.2) is 0 Å². The third-order valence-corrected chi connectivity index (χ3v) is 3.92. The van der Waals surface area contributed by atoms with Gasteiger partial charge in [0.25, 0.3) is 0 Å². The van der Waals surface area contributed by atoms with Crippen LogP contribution in [0.15, 0.2) is 30.6 Å². The Morgan fingerprint density at radius 2 is 1.95 bits per heavy atom. The Kier molecular flexibility index (Phi) is 2.57. The standard InChI is InChI=1S/C14H13F3N2/c15-14(16,17)12-7-19-6-9-5-10(1-2-11(9)12)13(8-18)3-4-13/h1-2,5-7H,3-4,8,18H2. The molecular weight excluding hydrogens is 253 g/mol. The summed E-state index contributed by atoms with van der Waals surface area (Å²) in [4.78, 5) is 3.70. The van der Waals surface area contributed by atoms with Crippen molar-refractivity contribution in [3.8, 4) is 0 Å². The molecule has 0 unspecified atom stereocenters. The van der Waals surface area contributed by atoms with Gasteiger partial charge in [0.1, 0.15) is 0 Å². The van der Waals surface area contributed by atoms with Crippen LogP contribution >= 0.6 is 0 Å². The Balaban J connectivity index is 2.16. The first-order valence-electron chi connectivity index (χ1n) is 6.12. The molecule has 100 valence electrons. The minimum absolute atomic E-state index is 0.0254. The second-order valence-corrected chi connectivity index (χ2v) is 5.11. The quantitative estimate of drug-likeness (QED) is 0.906. The van der Waals surface area contributed by atoms with E-state index in [1.807, 2.05) is 0 Å². The summed E-state index contributed by atoms with van der Waals surface area (Å²) in [5.74, 6) is 0. The first kappa shape index (κ1) is 12.4. The van der Waals surface area contributed by atoms with E-state index in [9.17, 15) is 13.2 Å². The van der Waals surface area contributed by atoms with Crippen LogP contribution in [0.1, 0.15) is 24.0 Å².